The molecule has 0 aromatic rings. The van der Waals surface area contributed by atoms with Crippen LogP contribution in [0.25, 0.3) is 0 Å². The first-order chi connectivity index (χ1) is 7.81. The van der Waals surface area contributed by atoms with Gasteiger partial charge < -0.3 is 15.3 Å². The van der Waals surface area contributed by atoms with Crippen LogP contribution < -0.4 is 5.32 Å². The third kappa shape index (κ3) is 4.34. The second-order valence-electron chi connectivity index (χ2n) is 5.44. The van der Waals surface area contributed by atoms with Crippen LogP contribution in [0.15, 0.2) is 0 Å². The fraction of sp³-hybridized carbons (Fsp3) is 0.833. The summed E-state index contributed by atoms with van der Waals surface area (Å²) >= 11 is 0. The van der Waals surface area contributed by atoms with Crippen LogP contribution in [0.1, 0.15) is 33.6 Å². The predicted molar refractivity (Wildman–Crippen MR) is 64.7 cm³/mol. The molecule has 0 radical (unpaired) electrons. The Bertz CT molecular complexity index is 294. The van der Waals surface area contributed by atoms with E-state index in [-0.39, 0.29) is 11.9 Å². The summed E-state index contributed by atoms with van der Waals surface area (Å²) in [5.74, 6) is -0.754. The lowest BCUT2D eigenvalue weighted by Gasteiger charge is -2.35. The van der Waals surface area contributed by atoms with Crippen molar-refractivity contribution >= 4 is 11.9 Å². The molecule has 1 saturated heterocycles. The fourth-order valence-corrected chi connectivity index (χ4v) is 2.15. The molecule has 0 aliphatic carbocycles. The summed E-state index contributed by atoms with van der Waals surface area (Å²) in [6.45, 7) is 7.28. The maximum Gasteiger partial charge on any atom is 0.310 e. The highest BCUT2D eigenvalue weighted by Crippen LogP contribution is 2.20. The highest BCUT2D eigenvalue weighted by molar-refractivity contribution is 5.74. The number of likely N-dealkylation sites (tertiary alicyclic amines) is 1. The van der Waals surface area contributed by atoms with E-state index >= 15 is 0 Å². The van der Waals surface area contributed by atoms with Gasteiger partial charge in [-0.1, -0.05) is 0 Å². The van der Waals surface area contributed by atoms with Gasteiger partial charge in [0.1, 0.15) is 0 Å². The van der Waals surface area contributed by atoms with Crippen molar-refractivity contribution in [1.29, 1.82) is 0 Å². The standard InChI is InChI=1S/C12H22N2O3/c1-9(15)13-10-4-6-14(7-5-10)8-12(2,3)11(16)17/h10H,4-8H2,1-3H3,(H,13,15)(H,16,17). The first kappa shape index (κ1) is 14.0. The van der Waals surface area contributed by atoms with Gasteiger partial charge in [0.2, 0.25) is 5.91 Å². The summed E-state index contributed by atoms with van der Waals surface area (Å²) in [6.07, 6.45) is 1.80. The molecule has 1 heterocycles. The molecule has 1 amide bonds. The van der Waals surface area contributed by atoms with Crippen LogP contribution in [-0.4, -0.2) is 47.6 Å². The van der Waals surface area contributed by atoms with E-state index in [4.69, 9.17) is 5.11 Å². The molecule has 1 rings (SSSR count). The summed E-state index contributed by atoms with van der Waals surface area (Å²) in [5.41, 5.74) is -0.707. The number of aliphatic carboxylic acids is 1. The Hall–Kier alpha value is -1.10. The van der Waals surface area contributed by atoms with E-state index in [2.05, 4.69) is 10.2 Å². The number of amides is 1. The molecule has 1 aliphatic heterocycles. The van der Waals surface area contributed by atoms with Crippen LogP contribution in [0.3, 0.4) is 0 Å². The van der Waals surface area contributed by atoms with Crippen molar-refractivity contribution in [2.24, 2.45) is 5.41 Å². The molecule has 0 aromatic heterocycles. The number of piperidine rings is 1. The zero-order valence-corrected chi connectivity index (χ0v) is 10.8. The van der Waals surface area contributed by atoms with Crippen LogP contribution in [0, 0.1) is 5.41 Å². The van der Waals surface area contributed by atoms with Gasteiger partial charge in [0.05, 0.1) is 5.41 Å². The zero-order valence-electron chi connectivity index (χ0n) is 10.8. The summed E-state index contributed by atoms with van der Waals surface area (Å²) in [5, 5.41) is 12.0. The fourth-order valence-electron chi connectivity index (χ4n) is 2.15. The molecule has 0 atom stereocenters. The Balaban J connectivity index is 2.37. The lowest BCUT2D eigenvalue weighted by atomic mass is 9.91. The van der Waals surface area contributed by atoms with E-state index in [1.54, 1.807) is 13.8 Å². The van der Waals surface area contributed by atoms with Crippen molar-refractivity contribution in [2.45, 2.75) is 39.7 Å². The van der Waals surface area contributed by atoms with Gasteiger partial charge in [0.15, 0.2) is 0 Å². The lowest BCUT2D eigenvalue weighted by molar-refractivity contribution is -0.148. The molecule has 17 heavy (non-hydrogen) atoms. The van der Waals surface area contributed by atoms with Crippen LogP contribution in [0.2, 0.25) is 0 Å². The Labute approximate surface area is 102 Å². The highest BCUT2D eigenvalue weighted by Gasteiger charge is 2.31. The normalized spacial score (nSPS) is 19.0. The van der Waals surface area contributed by atoms with E-state index in [9.17, 15) is 9.59 Å². The number of nitrogens with one attached hydrogen (secondary N) is 1. The summed E-state index contributed by atoms with van der Waals surface area (Å²) in [6, 6.07) is 0.247. The average Bonchev–Trinajstić information content (AvgIpc) is 2.19. The molecule has 0 bridgehead atoms. The minimum absolute atomic E-state index is 0.00863. The van der Waals surface area contributed by atoms with Crippen molar-refractivity contribution in [3.8, 4) is 0 Å². The summed E-state index contributed by atoms with van der Waals surface area (Å²) in [4.78, 5) is 24.1. The number of carbonyl (C=O) groups is 2. The maximum atomic E-state index is 11.0. The first-order valence-electron chi connectivity index (χ1n) is 6.04. The van der Waals surface area contributed by atoms with Gasteiger partial charge >= 0.3 is 5.97 Å². The molecule has 0 spiro atoms. The largest absolute Gasteiger partial charge is 0.481 e. The molecule has 5 heteroatoms. The predicted octanol–water partition coefficient (Wildman–Crippen LogP) is 0.698. The van der Waals surface area contributed by atoms with Crippen LogP contribution >= 0.6 is 0 Å². The molecular weight excluding hydrogens is 220 g/mol. The molecule has 1 fully saturated rings. The first-order valence-corrected chi connectivity index (χ1v) is 6.04. The number of nitrogens with zero attached hydrogens (tertiary/aromatic N) is 1. The average molecular weight is 242 g/mol. The Kier molecular flexibility index (Phi) is 4.51. The van der Waals surface area contributed by atoms with Crippen LogP contribution in [0.5, 0.6) is 0 Å². The monoisotopic (exact) mass is 242 g/mol. The summed E-state index contributed by atoms with van der Waals surface area (Å²) in [7, 11) is 0. The van der Waals surface area contributed by atoms with Crippen molar-refractivity contribution in [2.75, 3.05) is 19.6 Å². The number of carboxylic acid groups (broad SMARTS) is 1. The van der Waals surface area contributed by atoms with Gasteiger partial charge in [-0.25, -0.2) is 0 Å². The molecule has 98 valence electrons. The third-order valence-electron chi connectivity index (χ3n) is 3.19. The number of carboxylic acids is 1. The number of hydrogen-bond donors (Lipinski definition) is 2. The lowest BCUT2D eigenvalue weighted by Crippen LogP contribution is -2.47. The number of rotatable bonds is 4. The van der Waals surface area contributed by atoms with E-state index < -0.39 is 11.4 Å². The minimum atomic E-state index is -0.763. The smallest absolute Gasteiger partial charge is 0.310 e. The number of carbonyl (C=O) groups excluding carboxylic acids is 1. The van der Waals surface area contributed by atoms with Gasteiger partial charge in [-0.15, -0.1) is 0 Å². The van der Waals surface area contributed by atoms with Crippen molar-refractivity contribution < 1.29 is 14.7 Å². The number of hydrogen-bond acceptors (Lipinski definition) is 3. The van der Waals surface area contributed by atoms with E-state index in [0.29, 0.717) is 6.54 Å². The van der Waals surface area contributed by atoms with Crippen molar-refractivity contribution in [3.05, 3.63) is 0 Å². The molecule has 0 aromatic carbocycles. The molecule has 0 saturated carbocycles. The molecule has 1 aliphatic rings. The molecule has 5 nitrogen and oxygen atoms in total. The van der Waals surface area contributed by atoms with Crippen LogP contribution in [0.4, 0.5) is 0 Å². The Morgan fingerprint density at radius 2 is 1.88 bits per heavy atom. The molecule has 2 N–H and O–H groups in total. The molecular formula is C12H22N2O3. The molecule has 0 unspecified atom stereocenters. The quantitative estimate of drug-likeness (QED) is 0.761. The van der Waals surface area contributed by atoms with E-state index in [1.165, 1.54) is 6.92 Å². The van der Waals surface area contributed by atoms with Gasteiger partial charge in [0.25, 0.3) is 0 Å². The van der Waals surface area contributed by atoms with Gasteiger partial charge in [-0.3, -0.25) is 9.59 Å². The van der Waals surface area contributed by atoms with Crippen LogP contribution in [-0.2, 0) is 9.59 Å². The SMILES string of the molecule is CC(=O)NC1CCN(CC(C)(C)C(=O)O)CC1. The topological polar surface area (TPSA) is 69.6 Å². The Morgan fingerprint density at radius 1 is 1.35 bits per heavy atom. The zero-order chi connectivity index (χ0) is 13.1. The summed E-state index contributed by atoms with van der Waals surface area (Å²) < 4.78 is 0. The van der Waals surface area contributed by atoms with Gasteiger partial charge in [-0.05, 0) is 26.7 Å². The second kappa shape index (κ2) is 5.49. The second-order valence-corrected chi connectivity index (χ2v) is 5.44. The Morgan fingerprint density at radius 3 is 2.29 bits per heavy atom. The highest BCUT2D eigenvalue weighted by atomic mass is 16.4. The van der Waals surface area contributed by atoms with E-state index in [0.717, 1.165) is 25.9 Å². The van der Waals surface area contributed by atoms with Gasteiger partial charge in [0, 0.05) is 32.6 Å². The minimum Gasteiger partial charge on any atom is -0.481 e. The van der Waals surface area contributed by atoms with Crippen molar-refractivity contribution in [3.63, 3.8) is 0 Å². The van der Waals surface area contributed by atoms with E-state index in [1.807, 2.05) is 0 Å². The third-order valence-corrected chi connectivity index (χ3v) is 3.19. The maximum absolute atomic E-state index is 11.0. The van der Waals surface area contributed by atoms with Gasteiger partial charge in [-0.2, -0.15) is 0 Å². The van der Waals surface area contributed by atoms with Crippen molar-refractivity contribution in [1.82, 2.24) is 10.2 Å².